The lowest BCUT2D eigenvalue weighted by atomic mass is 9.71. The van der Waals surface area contributed by atoms with Gasteiger partial charge in [-0.2, -0.15) is 0 Å². The van der Waals surface area contributed by atoms with E-state index < -0.39 is 0 Å². The predicted octanol–water partition coefficient (Wildman–Crippen LogP) is 2.57. The summed E-state index contributed by atoms with van der Waals surface area (Å²) in [5.74, 6) is 6.78. The number of nitrogens with one attached hydrogen (secondary N) is 1. The standard InChI is InChI=1S/C17H29N3/c1-14-9-11-17(12-10-14,20(2)3)16(19-18)13-15-7-5-4-6-8-15/h4-8,14,16,19H,9-13,18H2,1-3H3. The third-order valence-corrected chi connectivity index (χ3v) is 5.16. The van der Waals surface area contributed by atoms with Crippen LogP contribution in [0, 0.1) is 5.92 Å². The molecule has 1 saturated carbocycles. The molecule has 3 N–H and O–H groups in total. The van der Waals surface area contributed by atoms with Gasteiger partial charge >= 0.3 is 0 Å². The lowest BCUT2D eigenvalue weighted by molar-refractivity contribution is 0.0434. The molecule has 3 nitrogen and oxygen atoms in total. The van der Waals surface area contributed by atoms with Crippen molar-refractivity contribution in [1.29, 1.82) is 0 Å². The maximum absolute atomic E-state index is 5.93. The largest absolute Gasteiger partial charge is 0.302 e. The molecule has 1 aromatic carbocycles. The fourth-order valence-corrected chi connectivity index (χ4v) is 3.62. The number of nitrogens with two attached hydrogens (primary N) is 1. The first-order valence-corrected chi connectivity index (χ1v) is 7.76. The zero-order valence-corrected chi connectivity index (χ0v) is 13.1. The highest BCUT2D eigenvalue weighted by atomic mass is 15.3. The van der Waals surface area contributed by atoms with Crippen molar-refractivity contribution >= 4 is 0 Å². The molecule has 20 heavy (non-hydrogen) atoms. The molecule has 1 aromatic rings. The molecule has 1 unspecified atom stereocenters. The summed E-state index contributed by atoms with van der Waals surface area (Å²) >= 11 is 0. The minimum absolute atomic E-state index is 0.178. The Kier molecular flexibility index (Phi) is 5.19. The number of hydrogen-bond donors (Lipinski definition) is 2. The van der Waals surface area contributed by atoms with Crippen LogP contribution in [0.2, 0.25) is 0 Å². The number of rotatable bonds is 5. The summed E-state index contributed by atoms with van der Waals surface area (Å²) in [4.78, 5) is 2.40. The monoisotopic (exact) mass is 275 g/mol. The van der Waals surface area contributed by atoms with Gasteiger partial charge in [-0.25, -0.2) is 0 Å². The number of nitrogens with zero attached hydrogens (tertiary/aromatic N) is 1. The van der Waals surface area contributed by atoms with Gasteiger partial charge in [0.25, 0.3) is 0 Å². The SMILES string of the molecule is CC1CCC(C(Cc2ccccc2)NN)(N(C)C)CC1. The highest BCUT2D eigenvalue weighted by molar-refractivity contribution is 5.18. The second-order valence-corrected chi connectivity index (χ2v) is 6.59. The third-order valence-electron chi connectivity index (χ3n) is 5.16. The van der Waals surface area contributed by atoms with Crippen LogP contribution in [-0.4, -0.2) is 30.6 Å². The molecule has 0 radical (unpaired) electrons. The minimum Gasteiger partial charge on any atom is -0.302 e. The zero-order valence-electron chi connectivity index (χ0n) is 13.1. The molecule has 0 amide bonds. The molecule has 0 aliphatic heterocycles. The van der Waals surface area contributed by atoms with Gasteiger partial charge in [0.2, 0.25) is 0 Å². The number of benzene rings is 1. The maximum Gasteiger partial charge on any atom is 0.0434 e. The lowest BCUT2D eigenvalue weighted by Gasteiger charge is -2.49. The van der Waals surface area contributed by atoms with Crippen molar-refractivity contribution in [2.24, 2.45) is 11.8 Å². The summed E-state index contributed by atoms with van der Waals surface area (Å²) in [6.45, 7) is 2.36. The molecule has 0 spiro atoms. The Hall–Kier alpha value is -0.900. The topological polar surface area (TPSA) is 41.3 Å². The Balaban J connectivity index is 2.17. The second kappa shape index (κ2) is 6.70. The lowest BCUT2D eigenvalue weighted by Crippen LogP contribution is -2.62. The first-order valence-electron chi connectivity index (χ1n) is 7.76. The van der Waals surface area contributed by atoms with Gasteiger partial charge in [-0.05, 0) is 57.7 Å². The van der Waals surface area contributed by atoms with Crippen LogP contribution in [0.3, 0.4) is 0 Å². The van der Waals surface area contributed by atoms with Crippen molar-refractivity contribution in [1.82, 2.24) is 10.3 Å². The van der Waals surface area contributed by atoms with Crippen molar-refractivity contribution < 1.29 is 0 Å². The summed E-state index contributed by atoms with van der Waals surface area (Å²) in [6, 6.07) is 11.0. The van der Waals surface area contributed by atoms with E-state index >= 15 is 0 Å². The zero-order chi connectivity index (χ0) is 14.6. The predicted molar refractivity (Wildman–Crippen MR) is 85.3 cm³/mol. The van der Waals surface area contributed by atoms with Gasteiger partial charge in [-0.3, -0.25) is 11.3 Å². The smallest absolute Gasteiger partial charge is 0.0434 e. The minimum atomic E-state index is 0.178. The van der Waals surface area contributed by atoms with Crippen molar-refractivity contribution in [2.75, 3.05) is 14.1 Å². The van der Waals surface area contributed by atoms with Crippen molar-refractivity contribution in [3.05, 3.63) is 35.9 Å². The molecule has 2 rings (SSSR count). The molecule has 3 heteroatoms. The van der Waals surface area contributed by atoms with E-state index in [0.29, 0.717) is 6.04 Å². The van der Waals surface area contributed by atoms with Crippen LogP contribution in [0.25, 0.3) is 0 Å². The van der Waals surface area contributed by atoms with Gasteiger partial charge in [-0.15, -0.1) is 0 Å². The summed E-state index contributed by atoms with van der Waals surface area (Å²) < 4.78 is 0. The Morgan fingerprint density at radius 2 is 1.85 bits per heavy atom. The van der Waals surface area contributed by atoms with Gasteiger partial charge in [0, 0.05) is 11.6 Å². The molecule has 112 valence electrons. The quantitative estimate of drug-likeness (QED) is 0.641. The number of hydrazine groups is 1. The molecular weight excluding hydrogens is 246 g/mol. The van der Waals surface area contributed by atoms with Crippen LogP contribution >= 0.6 is 0 Å². The molecule has 1 fully saturated rings. The highest BCUT2D eigenvalue weighted by Crippen LogP contribution is 2.38. The molecule has 0 saturated heterocycles. The highest BCUT2D eigenvalue weighted by Gasteiger charge is 2.42. The fraction of sp³-hybridized carbons (Fsp3) is 0.647. The van der Waals surface area contributed by atoms with Crippen molar-refractivity contribution in [3.8, 4) is 0 Å². The Bertz CT molecular complexity index is 394. The van der Waals surface area contributed by atoms with Crippen LogP contribution in [0.1, 0.15) is 38.2 Å². The Labute approximate surface area is 123 Å². The molecule has 0 aromatic heterocycles. The van der Waals surface area contributed by atoms with E-state index in [2.05, 4.69) is 61.7 Å². The van der Waals surface area contributed by atoms with Crippen LogP contribution < -0.4 is 11.3 Å². The van der Waals surface area contributed by atoms with Crippen LogP contribution in [-0.2, 0) is 6.42 Å². The first kappa shape index (κ1) is 15.5. The molecule has 1 atom stereocenters. The normalized spacial score (nSPS) is 28.6. The van der Waals surface area contributed by atoms with Gasteiger partial charge in [0.15, 0.2) is 0 Å². The van der Waals surface area contributed by atoms with E-state index in [-0.39, 0.29) is 5.54 Å². The summed E-state index contributed by atoms with van der Waals surface area (Å²) in [5, 5.41) is 0. The third kappa shape index (κ3) is 3.22. The van der Waals surface area contributed by atoms with Gasteiger partial charge < -0.3 is 4.90 Å². The maximum atomic E-state index is 5.93. The molecule has 1 aliphatic carbocycles. The number of hydrogen-bond acceptors (Lipinski definition) is 3. The van der Waals surface area contributed by atoms with Crippen LogP contribution in [0.5, 0.6) is 0 Å². The van der Waals surface area contributed by atoms with Crippen molar-refractivity contribution in [3.63, 3.8) is 0 Å². The van der Waals surface area contributed by atoms with Gasteiger partial charge in [-0.1, -0.05) is 37.3 Å². The van der Waals surface area contributed by atoms with E-state index in [1.165, 1.54) is 31.2 Å². The second-order valence-electron chi connectivity index (χ2n) is 6.59. The summed E-state index contributed by atoms with van der Waals surface area (Å²) in [5.41, 5.74) is 4.65. The molecule has 0 heterocycles. The fourth-order valence-electron chi connectivity index (χ4n) is 3.62. The van der Waals surface area contributed by atoms with Gasteiger partial charge in [0.1, 0.15) is 0 Å². The number of likely N-dealkylation sites (N-methyl/N-ethyl adjacent to an activating group) is 1. The van der Waals surface area contributed by atoms with E-state index in [9.17, 15) is 0 Å². The van der Waals surface area contributed by atoms with Crippen LogP contribution in [0.15, 0.2) is 30.3 Å². The van der Waals surface area contributed by atoms with E-state index in [4.69, 9.17) is 5.84 Å². The first-order chi connectivity index (χ1) is 9.58. The van der Waals surface area contributed by atoms with E-state index in [1.807, 2.05) is 0 Å². The van der Waals surface area contributed by atoms with Crippen LogP contribution in [0.4, 0.5) is 0 Å². The Morgan fingerprint density at radius 1 is 1.25 bits per heavy atom. The average Bonchev–Trinajstić information content (AvgIpc) is 2.47. The molecule has 1 aliphatic rings. The average molecular weight is 275 g/mol. The summed E-state index contributed by atoms with van der Waals surface area (Å²) in [6.07, 6.45) is 6.03. The van der Waals surface area contributed by atoms with E-state index in [0.717, 1.165) is 12.3 Å². The Morgan fingerprint density at radius 3 is 2.35 bits per heavy atom. The molecule has 0 bridgehead atoms. The van der Waals surface area contributed by atoms with Crippen molar-refractivity contribution in [2.45, 2.75) is 50.6 Å². The summed E-state index contributed by atoms with van der Waals surface area (Å²) in [7, 11) is 4.40. The van der Waals surface area contributed by atoms with Gasteiger partial charge in [0.05, 0.1) is 0 Å². The molecular formula is C17H29N3. The van der Waals surface area contributed by atoms with E-state index in [1.54, 1.807) is 0 Å².